The van der Waals surface area contributed by atoms with Gasteiger partial charge in [-0.25, -0.2) is 0 Å². The van der Waals surface area contributed by atoms with Gasteiger partial charge in [-0.05, 0) is 30.9 Å². The fraction of sp³-hybridized carbons (Fsp3) is 0.250. The number of hydrogen-bond acceptors (Lipinski definition) is 2. The molecule has 0 fully saturated rings. The number of nitrogens with zero attached hydrogens (tertiary/aromatic N) is 1. The van der Waals surface area contributed by atoms with Gasteiger partial charge in [0.25, 0.3) is 0 Å². The van der Waals surface area contributed by atoms with E-state index >= 15 is 0 Å². The Morgan fingerprint density at radius 2 is 1.95 bits per heavy atom. The summed E-state index contributed by atoms with van der Waals surface area (Å²) in [5.41, 5.74) is 10.4. The predicted molar refractivity (Wildman–Crippen MR) is 82.1 cm³/mol. The molecule has 19 heavy (non-hydrogen) atoms. The number of nitrogens with two attached hydrogens (primary N) is 1. The molecule has 2 aromatic rings. The molecule has 3 heteroatoms. The van der Waals surface area contributed by atoms with Crippen LogP contribution < -0.4 is 5.73 Å². The average Bonchev–Trinajstić information content (AvgIpc) is 2.47. The first-order chi connectivity index (χ1) is 9.25. The van der Waals surface area contributed by atoms with Crippen LogP contribution >= 0.6 is 12.2 Å². The molecule has 1 aromatic heterocycles. The van der Waals surface area contributed by atoms with E-state index in [0.29, 0.717) is 4.99 Å². The first-order valence-electron chi connectivity index (χ1n) is 6.60. The molecule has 0 amide bonds. The highest BCUT2D eigenvalue weighted by molar-refractivity contribution is 7.80. The van der Waals surface area contributed by atoms with E-state index < -0.39 is 0 Å². The second-order valence-corrected chi connectivity index (χ2v) is 5.43. The molecule has 1 aliphatic carbocycles. The summed E-state index contributed by atoms with van der Waals surface area (Å²) < 4.78 is 0. The molecule has 0 saturated heterocycles. The van der Waals surface area contributed by atoms with E-state index in [4.69, 9.17) is 22.9 Å². The van der Waals surface area contributed by atoms with Gasteiger partial charge in [-0.3, -0.25) is 4.98 Å². The van der Waals surface area contributed by atoms with Crippen molar-refractivity contribution in [2.75, 3.05) is 0 Å². The van der Waals surface area contributed by atoms with Gasteiger partial charge in [-0.2, -0.15) is 0 Å². The van der Waals surface area contributed by atoms with E-state index in [1.54, 1.807) is 0 Å². The Kier molecular flexibility index (Phi) is 3.30. The van der Waals surface area contributed by atoms with Gasteiger partial charge in [0, 0.05) is 5.56 Å². The van der Waals surface area contributed by atoms with Crippen molar-refractivity contribution in [3.63, 3.8) is 0 Å². The highest BCUT2D eigenvalue weighted by atomic mass is 32.1. The van der Waals surface area contributed by atoms with Gasteiger partial charge < -0.3 is 5.73 Å². The first-order valence-corrected chi connectivity index (χ1v) is 7.01. The maximum atomic E-state index is 5.86. The van der Waals surface area contributed by atoms with E-state index in [2.05, 4.69) is 24.3 Å². The van der Waals surface area contributed by atoms with E-state index in [1.807, 2.05) is 18.2 Å². The van der Waals surface area contributed by atoms with Gasteiger partial charge in [-0.1, -0.05) is 48.6 Å². The molecular weight excluding hydrogens is 252 g/mol. The second-order valence-electron chi connectivity index (χ2n) is 4.95. The molecule has 1 unspecified atom stereocenters. The fourth-order valence-corrected chi connectivity index (χ4v) is 2.93. The molecule has 1 aliphatic rings. The minimum absolute atomic E-state index is 0.141. The van der Waals surface area contributed by atoms with Gasteiger partial charge in [0.05, 0.1) is 22.3 Å². The van der Waals surface area contributed by atoms with Crippen LogP contribution in [0.4, 0.5) is 0 Å². The maximum absolute atomic E-state index is 5.86. The van der Waals surface area contributed by atoms with Crippen LogP contribution in [-0.2, 0) is 6.42 Å². The number of aromatic nitrogens is 1. The fourth-order valence-electron chi connectivity index (χ4n) is 2.70. The van der Waals surface area contributed by atoms with Crippen molar-refractivity contribution in [3.05, 3.63) is 53.7 Å². The second kappa shape index (κ2) is 5.10. The third kappa shape index (κ3) is 2.38. The summed E-state index contributed by atoms with van der Waals surface area (Å²) in [6, 6.07) is 14.5. The Balaban J connectivity index is 2.07. The Hall–Kier alpha value is -1.74. The number of thiocarbonyl (C=S) groups is 1. The Labute approximate surface area is 118 Å². The normalized spacial score (nSPS) is 17.8. The zero-order valence-electron chi connectivity index (χ0n) is 10.7. The molecule has 1 aromatic carbocycles. The van der Waals surface area contributed by atoms with Gasteiger partial charge in [-0.15, -0.1) is 0 Å². The van der Waals surface area contributed by atoms with Crippen molar-refractivity contribution in [1.82, 2.24) is 4.98 Å². The third-order valence-electron chi connectivity index (χ3n) is 3.69. The van der Waals surface area contributed by atoms with Crippen LogP contribution in [0.25, 0.3) is 11.3 Å². The Bertz CT molecular complexity index is 607. The molecule has 0 spiro atoms. The topological polar surface area (TPSA) is 38.9 Å². The summed E-state index contributed by atoms with van der Waals surface area (Å²) in [5.74, 6) is 0.141. The monoisotopic (exact) mass is 268 g/mol. The summed E-state index contributed by atoms with van der Waals surface area (Å²) >= 11 is 5.19. The molecule has 1 heterocycles. The predicted octanol–water partition coefficient (Wildman–Crippen LogP) is 3.45. The number of pyridine rings is 1. The molecule has 0 aliphatic heterocycles. The van der Waals surface area contributed by atoms with Crippen molar-refractivity contribution >= 4 is 17.2 Å². The van der Waals surface area contributed by atoms with Crippen LogP contribution in [0.15, 0.2) is 42.5 Å². The summed E-state index contributed by atoms with van der Waals surface area (Å²) in [6.07, 6.45) is 3.24. The number of aryl methyl sites for hydroxylation is 1. The SMILES string of the molecule is NC(=S)C1CCCc2ccc(-c3ccccc3)nc21. The number of fused-ring (bicyclic) bond motifs is 1. The third-order valence-corrected chi connectivity index (χ3v) is 3.98. The van der Waals surface area contributed by atoms with Crippen molar-refractivity contribution in [3.8, 4) is 11.3 Å². The van der Waals surface area contributed by atoms with Gasteiger partial charge in [0.1, 0.15) is 0 Å². The van der Waals surface area contributed by atoms with Crippen LogP contribution in [0.3, 0.4) is 0 Å². The lowest BCUT2D eigenvalue weighted by Gasteiger charge is -2.24. The van der Waals surface area contributed by atoms with Crippen LogP contribution in [0.1, 0.15) is 30.0 Å². The summed E-state index contributed by atoms with van der Waals surface area (Å²) in [6.45, 7) is 0. The van der Waals surface area contributed by atoms with Crippen molar-refractivity contribution in [2.24, 2.45) is 5.73 Å². The molecule has 0 saturated carbocycles. The lowest BCUT2D eigenvalue weighted by molar-refractivity contribution is 0.634. The van der Waals surface area contributed by atoms with Gasteiger partial charge in [0.2, 0.25) is 0 Å². The van der Waals surface area contributed by atoms with E-state index in [1.165, 1.54) is 5.56 Å². The number of rotatable bonds is 2. The molecule has 3 rings (SSSR count). The molecule has 0 bridgehead atoms. The maximum Gasteiger partial charge on any atom is 0.0819 e. The molecule has 2 N–H and O–H groups in total. The van der Waals surface area contributed by atoms with Crippen molar-refractivity contribution < 1.29 is 0 Å². The van der Waals surface area contributed by atoms with Crippen LogP contribution in [0.2, 0.25) is 0 Å². The Morgan fingerprint density at radius 1 is 1.16 bits per heavy atom. The lowest BCUT2D eigenvalue weighted by atomic mass is 9.86. The molecule has 96 valence electrons. The smallest absolute Gasteiger partial charge is 0.0819 e. The quantitative estimate of drug-likeness (QED) is 0.848. The molecule has 1 atom stereocenters. The van der Waals surface area contributed by atoms with Crippen LogP contribution in [-0.4, -0.2) is 9.97 Å². The number of benzene rings is 1. The molecular formula is C16H16N2S. The van der Waals surface area contributed by atoms with E-state index in [9.17, 15) is 0 Å². The molecule has 0 radical (unpaired) electrons. The summed E-state index contributed by atoms with van der Waals surface area (Å²) in [4.78, 5) is 5.39. The van der Waals surface area contributed by atoms with Crippen molar-refractivity contribution in [1.29, 1.82) is 0 Å². The summed E-state index contributed by atoms with van der Waals surface area (Å²) in [7, 11) is 0. The summed E-state index contributed by atoms with van der Waals surface area (Å²) in [5, 5.41) is 0. The van der Waals surface area contributed by atoms with E-state index in [0.717, 1.165) is 36.2 Å². The van der Waals surface area contributed by atoms with Gasteiger partial charge >= 0.3 is 0 Å². The highest BCUT2D eigenvalue weighted by Crippen LogP contribution is 2.32. The highest BCUT2D eigenvalue weighted by Gasteiger charge is 2.24. The van der Waals surface area contributed by atoms with Crippen LogP contribution in [0.5, 0.6) is 0 Å². The van der Waals surface area contributed by atoms with Crippen molar-refractivity contribution in [2.45, 2.75) is 25.2 Å². The van der Waals surface area contributed by atoms with Crippen LogP contribution in [0, 0.1) is 0 Å². The Morgan fingerprint density at radius 3 is 2.68 bits per heavy atom. The largest absolute Gasteiger partial charge is 0.393 e. The minimum atomic E-state index is 0.141. The van der Waals surface area contributed by atoms with Gasteiger partial charge in [0.15, 0.2) is 0 Å². The molecule has 2 nitrogen and oxygen atoms in total. The minimum Gasteiger partial charge on any atom is -0.393 e. The van der Waals surface area contributed by atoms with E-state index in [-0.39, 0.29) is 5.92 Å². The standard InChI is InChI=1S/C16H16N2S/c17-16(19)13-8-4-7-12-9-10-14(18-15(12)13)11-5-2-1-3-6-11/h1-3,5-6,9-10,13H,4,7-8H2,(H2,17,19). The zero-order chi connectivity index (χ0) is 13.2. The average molecular weight is 268 g/mol. The lowest BCUT2D eigenvalue weighted by Crippen LogP contribution is -2.24. The first kappa shape index (κ1) is 12.3. The number of hydrogen-bond donors (Lipinski definition) is 1. The zero-order valence-corrected chi connectivity index (χ0v) is 11.5.